The predicted octanol–water partition coefficient (Wildman–Crippen LogP) is 0.972. The number of hydrogen-bond acceptors (Lipinski definition) is 5. The Labute approximate surface area is 145 Å². The first-order valence-corrected chi connectivity index (χ1v) is 8.24. The van der Waals surface area contributed by atoms with Gasteiger partial charge in [-0.25, -0.2) is 9.56 Å². The standard InChI is InChI=1S/C18H12N2O4S/c1-24-13-9-5-4-8-12(13)20-17(22)15(25-18(20)23)14-10-6-2-3-7-11(10)19-16(14)21/h2-9,22H,1H3. The van der Waals surface area contributed by atoms with E-state index in [0.29, 0.717) is 22.0 Å². The molecule has 25 heavy (non-hydrogen) atoms. The minimum atomic E-state index is -0.468. The summed E-state index contributed by atoms with van der Waals surface area (Å²) in [5.41, 5.74) is 0.648. The number of ether oxygens (including phenoxy) is 1. The van der Waals surface area contributed by atoms with E-state index in [1.807, 2.05) is 0 Å². The summed E-state index contributed by atoms with van der Waals surface area (Å²) in [6, 6.07) is 13.9. The Kier molecular flexibility index (Phi) is 3.51. The smallest absolute Gasteiger partial charge is 0.315 e. The molecule has 7 heteroatoms. The van der Waals surface area contributed by atoms with Crippen molar-refractivity contribution in [1.29, 1.82) is 0 Å². The van der Waals surface area contributed by atoms with Crippen molar-refractivity contribution < 1.29 is 14.6 Å². The molecule has 3 aromatic rings. The molecule has 1 aliphatic heterocycles. The normalized spacial score (nSPS) is 12.8. The molecule has 0 fully saturated rings. The number of methoxy groups -OCH3 is 1. The number of carbonyl (C=O) groups is 1. The molecule has 1 aliphatic rings. The third kappa shape index (κ3) is 2.28. The van der Waals surface area contributed by atoms with Gasteiger partial charge in [-0.15, -0.1) is 0 Å². The van der Waals surface area contributed by atoms with Crippen LogP contribution in [0.5, 0.6) is 11.6 Å². The average molecular weight is 352 g/mol. The first-order chi connectivity index (χ1) is 12.1. The van der Waals surface area contributed by atoms with Crippen molar-refractivity contribution in [2.45, 2.75) is 0 Å². The fraction of sp³-hybridized carbons (Fsp3) is 0.0556. The van der Waals surface area contributed by atoms with Gasteiger partial charge in [0.2, 0.25) is 5.88 Å². The zero-order valence-corrected chi connectivity index (χ0v) is 13.9. The summed E-state index contributed by atoms with van der Waals surface area (Å²) in [6.45, 7) is 0. The van der Waals surface area contributed by atoms with Gasteiger partial charge in [0.1, 0.15) is 10.6 Å². The predicted molar refractivity (Wildman–Crippen MR) is 92.9 cm³/mol. The zero-order chi connectivity index (χ0) is 17.6. The zero-order valence-electron chi connectivity index (χ0n) is 13.1. The van der Waals surface area contributed by atoms with Crippen LogP contribution in [0.2, 0.25) is 0 Å². The van der Waals surface area contributed by atoms with E-state index in [2.05, 4.69) is 4.99 Å². The molecule has 0 saturated heterocycles. The maximum Gasteiger partial charge on any atom is 0.315 e. The summed E-state index contributed by atoms with van der Waals surface area (Å²) in [7, 11) is 1.48. The van der Waals surface area contributed by atoms with Crippen LogP contribution in [0.4, 0.5) is 0 Å². The lowest BCUT2D eigenvalue weighted by molar-refractivity contribution is -0.112. The molecule has 124 valence electrons. The summed E-state index contributed by atoms with van der Waals surface area (Å²) < 4.78 is 6.40. The molecule has 6 nitrogen and oxygen atoms in total. The Morgan fingerprint density at radius 1 is 1.08 bits per heavy atom. The van der Waals surface area contributed by atoms with E-state index in [1.54, 1.807) is 48.5 Å². The Balaban J connectivity index is 2.02. The number of rotatable bonds is 3. The molecule has 2 heterocycles. The van der Waals surface area contributed by atoms with Crippen molar-refractivity contribution in [1.82, 2.24) is 4.57 Å². The number of carbonyl (C=O) groups excluding carboxylic acids is 1. The molecule has 1 aromatic heterocycles. The lowest BCUT2D eigenvalue weighted by Crippen LogP contribution is -2.22. The van der Waals surface area contributed by atoms with E-state index in [-0.39, 0.29) is 16.3 Å². The Morgan fingerprint density at radius 3 is 2.60 bits per heavy atom. The second-order valence-corrected chi connectivity index (χ2v) is 6.30. The Morgan fingerprint density at radius 2 is 1.80 bits per heavy atom. The topological polar surface area (TPSA) is 80.9 Å². The molecule has 0 aliphatic carbocycles. The number of para-hydroxylation sites is 3. The first kappa shape index (κ1) is 15.3. The monoisotopic (exact) mass is 352 g/mol. The number of nitrogens with zero attached hydrogens (tertiary/aromatic N) is 2. The molecule has 0 spiro atoms. The molecule has 1 amide bonds. The average Bonchev–Trinajstić information content (AvgIpc) is 3.10. The van der Waals surface area contributed by atoms with E-state index in [1.165, 1.54) is 7.11 Å². The van der Waals surface area contributed by atoms with Crippen molar-refractivity contribution in [2.24, 2.45) is 4.99 Å². The number of hydrogen-bond donors (Lipinski definition) is 1. The lowest BCUT2D eigenvalue weighted by atomic mass is 10.1. The van der Waals surface area contributed by atoms with Crippen LogP contribution in [0.15, 0.2) is 58.3 Å². The highest BCUT2D eigenvalue weighted by molar-refractivity contribution is 7.11. The van der Waals surface area contributed by atoms with E-state index in [4.69, 9.17) is 4.74 Å². The molecule has 0 radical (unpaired) electrons. The number of benzene rings is 2. The van der Waals surface area contributed by atoms with Gasteiger partial charge in [0, 0.05) is 5.22 Å². The van der Waals surface area contributed by atoms with Gasteiger partial charge in [0.05, 0.1) is 23.7 Å². The van der Waals surface area contributed by atoms with Crippen LogP contribution in [0.25, 0.3) is 11.3 Å². The fourth-order valence-electron chi connectivity index (χ4n) is 2.84. The molecule has 0 atom stereocenters. The second kappa shape index (κ2) is 5.71. The summed E-state index contributed by atoms with van der Waals surface area (Å²) in [5, 5.41) is 11.8. The summed E-state index contributed by atoms with van der Waals surface area (Å²) in [6.07, 6.45) is 0. The van der Waals surface area contributed by atoms with Crippen LogP contribution in [-0.4, -0.2) is 22.7 Å². The van der Waals surface area contributed by atoms with Crippen LogP contribution >= 0.6 is 11.3 Å². The van der Waals surface area contributed by atoms with Crippen molar-refractivity contribution in [3.8, 4) is 17.3 Å². The quantitative estimate of drug-likeness (QED) is 0.762. The number of thiazole rings is 1. The third-order valence-corrected chi connectivity index (χ3v) is 4.90. The summed E-state index contributed by atoms with van der Waals surface area (Å²) >= 11 is 0.804. The molecule has 0 unspecified atom stereocenters. The third-order valence-electron chi connectivity index (χ3n) is 3.95. The molecule has 0 bridgehead atoms. The van der Waals surface area contributed by atoms with E-state index in [9.17, 15) is 14.7 Å². The van der Waals surface area contributed by atoms with E-state index < -0.39 is 10.8 Å². The molecule has 2 aromatic carbocycles. The molecule has 0 saturated carbocycles. The van der Waals surface area contributed by atoms with Crippen molar-refractivity contribution in [3.05, 3.63) is 73.7 Å². The Hall–Kier alpha value is -3.19. The largest absolute Gasteiger partial charge is 0.495 e. The van der Waals surface area contributed by atoms with Crippen molar-refractivity contribution in [2.75, 3.05) is 7.11 Å². The van der Waals surface area contributed by atoms with Gasteiger partial charge >= 0.3 is 4.87 Å². The van der Waals surface area contributed by atoms with Gasteiger partial charge in [-0.05, 0) is 18.2 Å². The van der Waals surface area contributed by atoms with Gasteiger partial charge in [0.25, 0.3) is 5.91 Å². The van der Waals surface area contributed by atoms with Gasteiger partial charge < -0.3 is 9.84 Å². The molecule has 4 rings (SSSR count). The highest BCUT2D eigenvalue weighted by atomic mass is 32.1. The van der Waals surface area contributed by atoms with E-state index in [0.717, 1.165) is 15.9 Å². The first-order valence-electron chi connectivity index (χ1n) is 7.43. The maximum absolute atomic E-state index is 12.5. The number of amides is 1. The molecular formula is C18H12N2O4S. The van der Waals surface area contributed by atoms with Gasteiger partial charge in [-0.3, -0.25) is 9.59 Å². The summed E-state index contributed by atoms with van der Waals surface area (Å²) in [4.78, 5) is 28.6. The van der Waals surface area contributed by atoms with Crippen LogP contribution in [0.1, 0.15) is 4.88 Å². The number of aromatic nitrogens is 1. The number of aromatic hydroxyl groups is 1. The second-order valence-electron chi connectivity index (χ2n) is 5.34. The van der Waals surface area contributed by atoms with Gasteiger partial charge in [0.15, 0.2) is 0 Å². The van der Waals surface area contributed by atoms with Crippen molar-refractivity contribution in [3.63, 3.8) is 0 Å². The Bertz CT molecular complexity index is 1190. The van der Waals surface area contributed by atoms with E-state index >= 15 is 0 Å². The minimum absolute atomic E-state index is 0.203. The SMILES string of the molecule is COc1ccccc1-n1c(O)c(C2=c3ccccc3=NC2=O)sc1=O. The van der Waals surface area contributed by atoms with Crippen LogP contribution in [0, 0.1) is 0 Å². The van der Waals surface area contributed by atoms with Crippen molar-refractivity contribution >= 4 is 22.8 Å². The molecule has 1 N–H and O–H groups in total. The highest BCUT2D eigenvalue weighted by Crippen LogP contribution is 2.33. The fourth-order valence-corrected chi connectivity index (χ4v) is 3.77. The number of fused-ring (bicyclic) bond motifs is 1. The van der Waals surface area contributed by atoms with Crippen LogP contribution in [0.3, 0.4) is 0 Å². The van der Waals surface area contributed by atoms with Gasteiger partial charge in [-0.1, -0.05) is 41.7 Å². The highest BCUT2D eigenvalue weighted by Gasteiger charge is 2.27. The minimum Gasteiger partial charge on any atom is -0.495 e. The van der Waals surface area contributed by atoms with Gasteiger partial charge in [-0.2, -0.15) is 0 Å². The molecular weight excluding hydrogens is 340 g/mol. The maximum atomic E-state index is 12.5. The van der Waals surface area contributed by atoms with Crippen LogP contribution in [-0.2, 0) is 4.79 Å². The van der Waals surface area contributed by atoms with Crippen LogP contribution < -0.4 is 20.2 Å². The summed E-state index contributed by atoms with van der Waals surface area (Å²) in [5.74, 6) is -0.322. The lowest BCUT2D eigenvalue weighted by Gasteiger charge is -2.09.